The van der Waals surface area contributed by atoms with Gasteiger partial charge in [-0.3, -0.25) is 10.00 Å². The maximum Gasteiger partial charge on any atom is 0.181 e. The molecule has 2 atom stereocenters. The van der Waals surface area contributed by atoms with E-state index in [1.54, 1.807) is 12.1 Å². The number of aryl methyl sites for hydroxylation is 2. The second kappa shape index (κ2) is 9.81. The molecule has 208 valence electrons. The largest absolute Gasteiger partial charge is 0.295 e. The third-order valence-electron chi connectivity index (χ3n) is 10.0. The van der Waals surface area contributed by atoms with Crippen molar-refractivity contribution in [2.75, 3.05) is 6.54 Å². The Bertz CT molecular complexity index is 1670. The molecule has 1 saturated carbocycles. The number of likely N-dealkylation sites (tertiary alicyclic amines) is 1. The maximum absolute atomic E-state index is 12.8. The Balaban J connectivity index is 1.16. The van der Waals surface area contributed by atoms with Crippen molar-refractivity contribution in [3.8, 4) is 22.4 Å². The second-order valence-electron chi connectivity index (χ2n) is 12.5. The van der Waals surface area contributed by atoms with Crippen LogP contribution in [-0.4, -0.2) is 51.9 Å². The predicted molar refractivity (Wildman–Crippen MR) is 160 cm³/mol. The fraction of sp³-hybridized carbons (Fsp3) is 0.455. The minimum atomic E-state index is -3.24. The van der Waals surface area contributed by atoms with E-state index >= 15 is 0 Å². The Kier molecular flexibility index (Phi) is 6.35. The van der Waals surface area contributed by atoms with Gasteiger partial charge in [-0.15, -0.1) is 0 Å². The zero-order valence-electron chi connectivity index (χ0n) is 23.5. The van der Waals surface area contributed by atoms with Crippen LogP contribution in [0.5, 0.6) is 0 Å². The smallest absolute Gasteiger partial charge is 0.181 e. The number of benzene rings is 2. The Labute approximate surface area is 237 Å². The average Bonchev–Trinajstić information content (AvgIpc) is 3.51. The molecule has 1 unspecified atom stereocenters. The van der Waals surface area contributed by atoms with Crippen LogP contribution in [0.3, 0.4) is 0 Å². The first-order valence-electron chi connectivity index (χ1n) is 14.9. The summed E-state index contributed by atoms with van der Waals surface area (Å²) < 4.78 is 25.7. The molecular formula is C33H38N4O2S. The topological polar surface area (TPSA) is 79.0 Å². The summed E-state index contributed by atoms with van der Waals surface area (Å²) in [5.74, 6) is 0. The molecule has 40 heavy (non-hydrogen) atoms. The zero-order chi connectivity index (χ0) is 27.5. The highest BCUT2D eigenvalue weighted by molar-refractivity contribution is 7.92. The molecule has 7 heteroatoms. The summed E-state index contributed by atoms with van der Waals surface area (Å²) in [4.78, 5) is 7.87. The molecule has 1 saturated heterocycles. The van der Waals surface area contributed by atoms with Crippen molar-refractivity contribution in [2.45, 2.75) is 93.4 Å². The van der Waals surface area contributed by atoms with Crippen LogP contribution in [-0.2, 0) is 22.7 Å². The van der Waals surface area contributed by atoms with Crippen molar-refractivity contribution >= 4 is 20.9 Å². The number of rotatable bonds is 5. The van der Waals surface area contributed by atoms with Crippen LogP contribution < -0.4 is 0 Å². The molecule has 3 heterocycles. The lowest BCUT2D eigenvalue weighted by molar-refractivity contribution is 0.0821. The van der Waals surface area contributed by atoms with Crippen molar-refractivity contribution in [1.29, 1.82) is 0 Å². The van der Waals surface area contributed by atoms with E-state index < -0.39 is 9.84 Å². The first-order chi connectivity index (χ1) is 19.3. The molecule has 2 fully saturated rings. The van der Waals surface area contributed by atoms with Gasteiger partial charge in [0.25, 0.3) is 0 Å². The molecule has 6 nitrogen and oxygen atoms in total. The van der Waals surface area contributed by atoms with Crippen LogP contribution in [0, 0.1) is 0 Å². The number of nitrogens with one attached hydrogen (secondary N) is 1. The highest BCUT2D eigenvalue weighted by atomic mass is 32.2. The second-order valence-corrected chi connectivity index (χ2v) is 14.7. The lowest BCUT2D eigenvalue weighted by Gasteiger charge is -2.41. The number of fused-ring (bicyclic) bond motifs is 2. The summed E-state index contributed by atoms with van der Waals surface area (Å²) in [6.07, 6.45) is 11.7. The van der Waals surface area contributed by atoms with Crippen molar-refractivity contribution in [1.82, 2.24) is 20.1 Å². The number of hydrogen-bond donors (Lipinski definition) is 1. The van der Waals surface area contributed by atoms with E-state index in [1.807, 2.05) is 18.3 Å². The number of aromatic amines is 1. The third-order valence-corrected chi connectivity index (χ3v) is 12.3. The van der Waals surface area contributed by atoms with E-state index in [-0.39, 0.29) is 10.8 Å². The fourth-order valence-corrected chi connectivity index (χ4v) is 9.05. The maximum atomic E-state index is 12.8. The number of H-pyrrole nitrogens is 1. The van der Waals surface area contributed by atoms with E-state index in [9.17, 15) is 8.42 Å². The molecule has 1 aliphatic heterocycles. The van der Waals surface area contributed by atoms with Crippen molar-refractivity contribution < 1.29 is 8.42 Å². The van der Waals surface area contributed by atoms with Gasteiger partial charge in [0.05, 0.1) is 10.1 Å². The molecule has 2 aromatic carbocycles. The van der Waals surface area contributed by atoms with Gasteiger partial charge in [-0.1, -0.05) is 36.8 Å². The lowest BCUT2D eigenvalue weighted by Crippen LogP contribution is -2.48. The van der Waals surface area contributed by atoms with Crippen LogP contribution in [0.25, 0.3) is 33.4 Å². The molecule has 4 aromatic rings. The van der Waals surface area contributed by atoms with Crippen LogP contribution >= 0.6 is 0 Å². The van der Waals surface area contributed by atoms with Crippen molar-refractivity contribution in [3.05, 3.63) is 65.9 Å². The first-order valence-corrected chi connectivity index (χ1v) is 16.4. The highest BCUT2D eigenvalue weighted by Gasteiger charge is 2.38. The van der Waals surface area contributed by atoms with Crippen LogP contribution in [0.4, 0.5) is 0 Å². The molecule has 0 amide bonds. The normalized spacial score (nSPS) is 24.1. The average molecular weight is 555 g/mol. The molecular weight excluding hydrogens is 516 g/mol. The number of pyridine rings is 1. The minimum Gasteiger partial charge on any atom is -0.295 e. The van der Waals surface area contributed by atoms with Gasteiger partial charge >= 0.3 is 0 Å². The van der Waals surface area contributed by atoms with Gasteiger partial charge in [0.2, 0.25) is 0 Å². The highest BCUT2D eigenvalue weighted by Crippen LogP contribution is 2.38. The summed E-state index contributed by atoms with van der Waals surface area (Å²) in [5.41, 5.74) is 7.88. The van der Waals surface area contributed by atoms with E-state index in [2.05, 4.69) is 53.2 Å². The minimum absolute atomic E-state index is 0.227. The van der Waals surface area contributed by atoms with Gasteiger partial charge < -0.3 is 0 Å². The van der Waals surface area contributed by atoms with E-state index in [1.165, 1.54) is 48.9 Å². The van der Waals surface area contributed by atoms with Gasteiger partial charge in [-0.2, -0.15) is 5.10 Å². The molecule has 1 N–H and O–H groups in total. The Morgan fingerprint density at radius 2 is 1.65 bits per heavy atom. The first kappa shape index (κ1) is 25.9. The summed E-state index contributed by atoms with van der Waals surface area (Å²) in [5, 5.41) is 8.33. The molecule has 2 aliphatic carbocycles. The summed E-state index contributed by atoms with van der Waals surface area (Å²) in [6, 6.07) is 17.0. The number of nitrogens with zero attached hydrogens (tertiary/aromatic N) is 3. The van der Waals surface area contributed by atoms with Gasteiger partial charge in [0.15, 0.2) is 15.5 Å². The van der Waals surface area contributed by atoms with E-state index in [0.29, 0.717) is 10.9 Å². The van der Waals surface area contributed by atoms with Crippen LogP contribution in [0.1, 0.15) is 69.9 Å². The number of sulfone groups is 1. The third kappa shape index (κ3) is 4.38. The summed E-state index contributed by atoms with van der Waals surface area (Å²) in [6.45, 7) is 6.11. The lowest BCUT2D eigenvalue weighted by atomic mass is 9.89. The summed E-state index contributed by atoms with van der Waals surface area (Å²) >= 11 is 0. The van der Waals surface area contributed by atoms with Gasteiger partial charge in [0, 0.05) is 34.3 Å². The van der Waals surface area contributed by atoms with E-state index in [0.717, 1.165) is 60.0 Å². The fourth-order valence-electron chi connectivity index (χ4n) is 7.19. The van der Waals surface area contributed by atoms with Gasteiger partial charge in [-0.25, -0.2) is 13.4 Å². The van der Waals surface area contributed by atoms with Gasteiger partial charge in [-0.05, 0) is 107 Å². The Hall–Kier alpha value is -3.03. The molecule has 0 radical (unpaired) electrons. The molecule has 0 spiro atoms. The number of aromatic nitrogens is 3. The van der Waals surface area contributed by atoms with Crippen LogP contribution in [0.2, 0.25) is 0 Å². The van der Waals surface area contributed by atoms with Crippen molar-refractivity contribution in [3.63, 3.8) is 0 Å². The molecule has 0 bridgehead atoms. The van der Waals surface area contributed by atoms with Gasteiger partial charge in [0.1, 0.15) is 5.69 Å². The summed E-state index contributed by atoms with van der Waals surface area (Å²) in [7, 11) is -3.24. The zero-order valence-corrected chi connectivity index (χ0v) is 24.3. The Morgan fingerprint density at radius 3 is 2.35 bits per heavy atom. The standard InChI is InChI=1S/C33H38N4O2S/c1-22-5-4-18-37(22)33(2)16-14-23-8-9-25(19-26(23)15-17-33)27-20-30-31(35-36-32(30)34-21-27)24-10-12-29(13-11-24)40(38,39)28-6-3-7-28/h8-13,19-22,28H,3-7,14-18H2,1-2H3,(H,34,35,36)/t22-,33?/m1/s1. The monoisotopic (exact) mass is 554 g/mol. The molecule has 3 aliphatic rings. The SMILES string of the molecule is C[C@@H]1CCCN1C1(C)CCc2ccc(-c3cnc4[nH]nc(-c5ccc(S(=O)(=O)C6CCC6)cc5)c4c3)cc2CC1. The quantitative estimate of drug-likeness (QED) is 0.277. The molecule has 2 aromatic heterocycles. The Morgan fingerprint density at radius 1 is 0.900 bits per heavy atom. The van der Waals surface area contributed by atoms with E-state index in [4.69, 9.17) is 4.98 Å². The molecule has 7 rings (SSSR count). The van der Waals surface area contributed by atoms with Crippen LogP contribution in [0.15, 0.2) is 59.6 Å². The predicted octanol–water partition coefficient (Wildman–Crippen LogP) is 6.74. The van der Waals surface area contributed by atoms with Crippen molar-refractivity contribution in [2.24, 2.45) is 0 Å². The number of hydrogen-bond acceptors (Lipinski definition) is 5.